The first-order chi connectivity index (χ1) is 2.94. The van der Waals surface area contributed by atoms with Gasteiger partial charge in [-0.3, -0.25) is 0 Å². The Hall–Kier alpha value is 1.13. The molecule has 78 valence electrons. The molecule has 0 fully saturated rings. The van der Waals surface area contributed by atoms with Crippen LogP contribution in [0.1, 0.15) is 0 Å². The fourth-order valence-corrected chi connectivity index (χ4v) is 0. The van der Waals surface area contributed by atoms with Gasteiger partial charge in [0.1, 0.15) is 0 Å². The number of hydrogen-bond acceptors (Lipinski definition) is 1. The Balaban J connectivity index is -0.0000000180. The molecule has 0 spiro atoms. The molecule has 0 radical (unpaired) electrons. The van der Waals surface area contributed by atoms with Gasteiger partial charge >= 0.3 is 12.1 Å². The molecule has 0 bridgehead atoms. The molecule has 1 N–H and O–H groups in total. The van der Waals surface area contributed by atoms with E-state index in [-0.39, 0.29) is 71.3 Å². The Kier molecular flexibility index (Phi) is 46.4. The average Bonchev–Trinajstić information content (AvgIpc) is 1.31. The number of hydrogen-bond donors (Lipinski definition) is 1. The third-order valence-corrected chi connectivity index (χ3v) is 0.243. The minimum atomic E-state index is -5.08. The van der Waals surface area contributed by atoms with Gasteiger partial charge in [0.15, 0.2) is 0 Å². The van der Waals surface area contributed by atoms with Crippen LogP contribution in [0.2, 0.25) is 0 Å². The predicted octanol–water partition coefficient (Wildman–Crippen LogP) is 2.32. The van der Waals surface area contributed by atoms with Gasteiger partial charge in [0.2, 0.25) is 0 Å². The van der Waals surface area contributed by atoms with E-state index in [4.69, 9.17) is 9.90 Å². The molecule has 0 aromatic rings. The van der Waals surface area contributed by atoms with Gasteiger partial charge in [-0.2, -0.15) is 13.2 Å². The molecule has 0 amide bonds. The third kappa shape index (κ3) is 22.5. The van der Waals surface area contributed by atoms with Crippen LogP contribution in [-0.2, 0) is 26.5 Å². The summed E-state index contributed by atoms with van der Waals surface area (Å²) in [6.07, 6.45) is -5.08. The summed E-state index contributed by atoms with van der Waals surface area (Å²) in [6, 6.07) is 0. The van der Waals surface area contributed by atoms with Crippen LogP contribution in [-0.4, -0.2) is 17.3 Å². The van der Waals surface area contributed by atoms with Crippen LogP contribution in [0.5, 0.6) is 0 Å². The molecule has 10 heteroatoms. The van der Waals surface area contributed by atoms with Gasteiger partial charge in [0.25, 0.3) is 0 Å². The summed E-state index contributed by atoms with van der Waals surface area (Å²) in [5.41, 5.74) is 0. The van der Waals surface area contributed by atoms with Crippen LogP contribution < -0.4 is 0 Å². The normalized spacial score (nSPS) is 6.58. The SMILES string of the molecule is Cl.Cl.Cl.Cl.O=C(O)C(F)(F)F.[Ti]. The molecule has 0 aliphatic rings. The van der Waals surface area contributed by atoms with Gasteiger partial charge in [-0.05, 0) is 0 Å². The fraction of sp³-hybridized carbons (Fsp3) is 0.500. The molecule has 12 heavy (non-hydrogen) atoms. The molecule has 0 saturated carbocycles. The van der Waals surface area contributed by atoms with Crippen molar-refractivity contribution < 1.29 is 44.8 Å². The topological polar surface area (TPSA) is 37.3 Å². The maximum absolute atomic E-state index is 10.6. The minimum Gasteiger partial charge on any atom is -0.475 e. The van der Waals surface area contributed by atoms with Crippen molar-refractivity contribution >= 4 is 55.6 Å². The third-order valence-electron chi connectivity index (χ3n) is 0.243. The van der Waals surface area contributed by atoms with Crippen LogP contribution in [0.25, 0.3) is 0 Å². The van der Waals surface area contributed by atoms with E-state index in [0.29, 0.717) is 0 Å². The van der Waals surface area contributed by atoms with Crippen molar-refractivity contribution in [2.45, 2.75) is 6.18 Å². The van der Waals surface area contributed by atoms with Gasteiger partial charge in [0.05, 0.1) is 0 Å². The first-order valence-corrected chi connectivity index (χ1v) is 1.24. The number of halogens is 7. The predicted molar refractivity (Wildman–Crippen MR) is 42.7 cm³/mol. The number of carboxylic acid groups (broad SMARTS) is 1. The zero-order valence-electron chi connectivity index (χ0n) is 5.12. The van der Waals surface area contributed by atoms with E-state index in [2.05, 4.69) is 0 Å². The molecule has 0 heterocycles. The van der Waals surface area contributed by atoms with Crippen molar-refractivity contribution in [1.29, 1.82) is 0 Å². The molecule has 2 nitrogen and oxygen atoms in total. The summed E-state index contributed by atoms with van der Waals surface area (Å²) in [5, 5.41) is 7.12. The first-order valence-electron chi connectivity index (χ1n) is 1.24. The molecular formula is C2H5Cl4F3O2Ti. The second-order valence-corrected chi connectivity index (χ2v) is 0.803. The molecule has 0 atom stereocenters. The maximum atomic E-state index is 10.6. The summed E-state index contributed by atoms with van der Waals surface area (Å²) in [4.78, 5) is 8.90. The van der Waals surface area contributed by atoms with E-state index in [1.54, 1.807) is 0 Å². The van der Waals surface area contributed by atoms with E-state index in [1.807, 2.05) is 0 Å². The van der Waals surface area contributed by atoms with Gasteiger partial charge in [-0.1, -0.05) is 0 Å². The van der Waals surface area contributed by atoms with E-state index in [1.165, 1.54) is 0 Å². The van der Waals surface area contributed by atoms with Crippen molar-refractivity contribution in [1.82, 2.24) is 0 Å². The fourth-order valence-electron chi connectivity index (χ4n) is 0. The first kappa shape index (κ1) is 38.0. The Morgan fingerprint density at radius 1 is 1.00 bits per heavy atom. The van der Waals surface area contributed by atoms with Gasteiger partial charge in [-0.15, -0.1) is 49.6 Å². The van der Waals surface area contributed by atoms with Gasteiger partial charge in [0, 0.05) is 21.7 Å². The Morgan fingerprint density at radius 2 is 1.08 bits per heavy atom. The largest absolute Gasteiger partial charge is 0.490 e. The summed E-state index contributed by atoms with van der Waals surface area (Å²) >= 11 is 0. The molecule has 0 unspecified atom stereocenters. The summed E-state index contributed by atoms with van der Waals surface area (Å²) in [6.45, 7) is 0. The van der Waals surface area contributed by atoms with Crippen LogP contribution >= 0.6 is 49.6 Å². The second kappa shape index (κ2) is 14.6. The van der Waals surface area contributed by atoms with Crippen molar-refractivity contribution in [3.63, 3.8) is 0 Å². The monoisotopic (exact) mass is 306 g/mol. The van der Waals surface area contributed by atoms with E-state index >= 15 is 0 Å². The van der Waals surface area contributed by atoms with E-state index in [9.17, 15) is 13.2 Å². The van der Waals surface area contributed by atoms with Crippen molar-refractivity contribution in [2.75, 3.05) is 0 Å². The molecule has 0 aromatic heterocycles. The number of rotatable bonds is 0. The molecule has 0 rings (SSSR count). The standard InChI is InChI=1S/C2HF3O2.4ClH.Ti/c3-2(4,5)1(6)7;;;;;/h(H,6,7);4*1H;. The Bertz CT molecular complexity index is 98.8. The number of carbonyl (C=O) groups is 1. The summed E-state index contributed by atoms with van der Waals surface area (Å²) in [7, 11) is 0. The Morgan fingerprint density at radius 3 is 1.08 bits per heavy atom. The van der Waals surface area contributed by atoms with E-state index in [0.717, 1.165) is 0 Å². The Labute approximate surface area is 106 Å². The molecule has 0 aromatic carbocycles. The van der Waals surface area contributed by atoms with Crippen molar-refractivity contribution in [2.24, 2.45) is 0 Å². The number of aliphatic carboxylic acids is 1. The quantitative estimate of drug-likeness (QED) is 0.697. The van der Waals surface area contributed by atoms with Crippen LogP contribution in [0.3, 0.4) is 0 Å². The average molecular weight is 308 g/mol. The number of alkyl halides is 3. The summed E-state index contributed by atoms with van der Waals surface area (Å²) < 4.78 is 31.7. The van der Waals surface area contributed by atoms with Crippen LogP contribution in [0, 0.1) is 0 Å². The molecule has 0 aliphatic heterocycles. The number of carboxylic acids is 1. The molecule has 0 saturated heterocycles. The van der Waals surface area contributed by atoms with Crippen molar-refractivity contribution in [3.8, 4) is 0 Å². The minimum absolute atomic E-state index is 0. The zero-order chi connectivity index (χ0) is 6.08. The van der Waals surface area contributed by atoms with Crippen molar-refractivity contribution in [3.05, 3.63) is 0 Å². The van der Waals surface area contributed by atoms with Crippen LogP contribution in [0.15, 0.2) is 0 Å². The van der Waals surface area contributed by atoms with Crippen LogP contribution in [0.4, 0.5) is 13.2 Å². The zero-order valence-corrected chi connectivity index (χ0v) is 9.95. The second-order valence-electron chi connectivity index (χ2n) is 0.803. The van der Waals surface area contributed by atoms with E-state index < -0.39 is 12.1 Å². The maximum Gasteiger partial charge on any atom is 0.490 e. The molecule has 0 aliphatic carbocycles. The molecular weight excluding hydrogens is 303 g/mol. The van der Waals surface area contributed by atoms with Gasteiger partial charge < -0.3 is 5.11 Å². The van der Waals surface area contributed by atoms with Gasteiger partial charge in [-0.25, -0.2) is 4.79 Å². The smallest absolute Gasteiger partial charge is 0.475 e. The summed E-state index contributed by atoms with van der Waals surface area (Å²) in [5.74, 6) is -2.76.